The monoisotopic (exact) mass is 289 g/mol. The first-order valence-electron chi connectivity index (χ1n) is 9.36. The number of unbranched alkanes of at least 4 members (excludes halogenated alkanes) is 10. The summed E-state index contributed by atoms with van der Waals surface area (Å²) < 4.78 is 0. The van der Waals surface area contributed by atoms with Crippen molar-refractivity contribution in [2.45, 2.75) is 97.3 Å². The molecule has 0 saturated heterocycles. The van der Waals surface area contributed by atoms with E-state index in [4.69, 9.17) is 0 Å². The Balaban J connectivity index is 0. The number of nitrogens with zero attached hydrogens (tertiary/aromatic N) is 1. The zero-order chi connectivity index (χ0) is 14.9. The summed E-state index contributed by atoms with van der Waals surface area (Å²) in [5.74, 6) is 0. The third-order valence-electron chi connectivity index (χ3n) is 4.13. The van der Waals surface area contributed by atoms with Crippen LogP contribution in [0.25, 0.3) is 0 Å². The van der Waals surface area contributed by atoms with Gasteiger partial charge in [-0.25, -0.2) is 0 Å². The van der Waals surface area contributed by atoms with Gasteiger partial charge in [0.1, 0.15) is 0 Å². The molecule has 2 heteroatoms. The van der Waals surface area contributed by atoms with Gasteiger partial charge in [-0.1, -0.05) is 78.1 Å². The van der Waals surface area contributed by atoms with Crippen molar-refractivity contribution in [3.63, 3.8) is 0 Å². The summed E-state index contributed by atoms with van der Waals surface area (Å²) >= 11 is 0. The quantitative estimate of drug-likeness (QED) is 0.239. The minimum Gasteiger partial charge on any atom is -0.342 e. The van der Waals surface area contributed by atoms with Gasteiger partial charge in [-0.05, 0) is 32.5 Å². The molecule has 0 saturated carbocycles. The number of hydrogen-bond acceptors (Lipinski definition) is 1. The number of rotatable bonds is 16. The average Bonchev–Trinajstić information content (AvgIpc) is 2.46. The van der Waals surface area contributed by atoms with Gasteiger partial charge in [-0.2, -0.15) is 6.42 Å². The largest absolute Gasteiger partial charge is 1.00 e. The minimum absolute atomic E-state index is 0. The van der Waals surface area contributed by atoms with Crippen molar-refractivity contribution in [2.75, 3.05) is 19.6 Å². The van der Waals surface area contributed by atoms with Gasteiger partial charge >= 0.3 is 18.9 Å². The van der Waals surface area contributed by atoms with E-state index in [2.05, 4.69) is 25.7 Å². The summed E-state index contributed by atoms with van der Waals surface area (Å²) in [5.41, 5.74) is 0. The Morgan fingerprint density at radius 1 is 0.571 bits per heavy atom. The molecule has 1 nitrogen and oxygen atoms in total. The van der Waals surface area contributed by atoms with Crippen LogP contribution < -0.4 is 18.9 Å². The summed E-state index contributed by atoms with van der Waals surface area (Å²) in [6.45, 7) is 12.4. The van der Waals surface area contributed by atoms with Gasteiger partial charge in [-0.3, -0.25) is 0 Å². The van der Waals surface area contributed by atoms with Crippen molar-refractivity contribution in [3.05, 3.63) is 6.92 Å². The molecule has 0 aliphatic heterocycles. The second-order valence-electron chi connectivity index (χ2n) is 6.23. The van der Waals surface area contributed by atoms with Gasteiger partial charge in [-0.15, -0.1) is 0 Å². The van der Waals surface area contributed by atoms with Gasteiger partial charge in [0, 0.05) is 0 Å². The molecule has 0 unspecified atom stereocenters. The summed E-state index contributed by atoms with van der Waals surface area (Å²) in [4.78, 5) is 2.65. The Hall–Kier alpha value is 0.557. The molecule has 0 rings (SSSR count). The molecule has 0 aromatic rings. The Kier molecular flexibility index (Phi) is 23.3. The summed E-state index contributed by atoms with van der Waals surface area (Å²) in [5, 5.41) is 0. The molecule has 0 spiro atoms. The van der Waals surface area contributed by atoms with Crippen molar-refractivity contribution < 1.29 is 18.9 Å². The molecule has 0 amide bonds. The third-order valence-corrected chi connectivity index (χ3v) is 4.13. The fraction of sp³-hybridized carbons (Fsp3) is 0.947. The Bertz CT molecular complexity index is 157. The summed E-state index contributed by atoms with van der Waals surface area (Å²) in [6, 6.07) is 0. The molecule has 0 fully saturated rings. The molecule has 0 atom stereocenters. The molecular formula is C19H40LiN. The predicted molar refractivity (Wildman–Crippen MR) is 93.2 cm³/mol. The standard InChI is InChI=1S/C19H40N.Li/c1-4-7-9-11-13-15-18-20(17-6-3)19-16-14-12-10-8-5-2;/h3-19H2,1-2H3;/q-1;+1. The maximum atomic E-state index is 4.02. The predicted octanol–water partition coefficient (Wildman–Crippen LogP) is 3.24. The van der Waals surface area contributed by atoms with Crippen LogP contribution in [-0.4, -0.2) is 24.5 Å². The Morgan fingerprint density at radius 3 is 1.33 bits per heavy atom. The van der Waals surface area contributed by atoms with Crippen molar-refractivity contribution >= 4 is 0 Å². The van der Waals surface area contributed by atoms with Crippen molar-refractivity contribution in [1.82, 2.24) is 4.90 Å². The third kappa shape index (κ3) is 18.5. The molecule has 0 radical (unpaired) electrons. The minimum atomic E-state index is 0. The molecule has 0 bridgehead atoms. The van der Waals surface area contributed by atoms with Gasteiger partial charge < -0.3 is 11.8 Å². The SMILES string of the molecule is [CH2-]CCN(CCCCCCCC)CCCCCCCC.[Li+]. The van der Waals surface area contributed by atoms with E-state index in [1.807, 2.05) is 0 Å². The molecule has 0 heterocycles. The van der Waals surface area contributed by atoms with E-state index in [0.717, 1.165) is 6.42 Å². The summed E-state index contributed by atoms with van der Waals surface area (Å²) in [6.07, 6.45) is 18.0. The Labute approximate surface area is 147 Å². The van der Waals surface area contributed by atoms with Crippen LogP contribution in [-0.2, 0) is 0 Å². The van der Waals surface area contributed by atoms with Crippen molar-refractivity contribution in [3.8, 4) is 0 Å². The molecular weight excluding hydrogens is 249 g/mol. The van der Waals surface area contributed by atoms with E-state index in [0.29, 0.717) is 0 Å². The first-order valence-corrected chi connectivity index (χ1v) is 9.36. The molecule has 0 aromatic heterocycles. The van der Waals surface area contributed by atoms with E-state index < -0.39 is 0 Å². The van der Waals surface area contributed by atoms with Crippen LogP contribution in [0.3, 0.4) is 0 Å². The van der Waals surface area contributed by atoms with Gasteiger partial charge in [0.05, 0.1) is 0 Å². The van der Waals surface area contributed by atoms with E-state index in [1.165, 1.54) is 96.7 Å². The normalized spacial score (nSPS) is 10.9. The average molecular weight is 289 g/mol. The maximum Gasteiger partial charge on any atom is 1.00 e. The van der Waals surface area contributed by atoms with E-state index in [9.17, 15) is 0 Å². The first-order chi connectivity index (χ1) is 9.85. The zero-order valence-corrected chi connectivity index (χ0v) is 15.5. The molecule has 122 valence electrons. The zero-order valence-electron chi connectivity index (χ0n) is 15.5. The van der Waals surface area contributed by atoms with Gasteiger partial charge in [0.25, 0.3) is 0 Å². The second kappa shape index (κ2) is 20.6. The topological polar surface area (TPSA) is 3.24 Å². The van der Waals surface area contributed by atoms with Crippen LogP contribution in [0.15, 0.2) is 0 Å². The molecule has 0 N–H and O–H groups in total. The second-order valence-corrected chi connectivity index (χ2v) is 6.23. The van der Waals surface area contributed by atoms with E-state index in [1.54, 1.807) is 0 Å². The van der Waals surface area contributed by atoms with Crippen molar-refractivity contribution in [2.24, 2.45) is 0 Å². The Morgan fingerprint density at radius 2 is 0.952 bits per heavy atom. The maximum absolute atomic E-state index is 4.02. The summed E-state index contributed by atoms with van der Waals surface area (Å²) in [7, 11) is 0. The van der Waals surface area contributed by atoms with Crippen LogP contribution >= 0.6 is 0 Å². The first kappa shape index (κ1) is 23.8. The smallest absolute Gasteiger partial charge is 0.342 e. The molecule has 0 aliphatic carbocycles. The van der Waals surface area contributed by atoms with Crippen LogP contribution in [0.4, 0.5) is 0 Å². The number of hydrogen-bond donors (Lipinski definition) is 0. The van der Waals surface area contributed by atoms with Crippen LogP contribution in [0.1, 0.15) is 97.3 Å². The van der Waals surface area contributed by atoms with E-state index in [-0.39, 0.29) is 18.9 Å². The molecule has 0 aliphatic rings. The van der Waals surface area contributed by atoms with E-state index >= 15 is 0 Å². The van der Waals surface area contributed by atoms with Crippen LogP contribution in [0, 0.1) is 6.92 Å². The molecule has 0 aromatic carbocycles. The van der Waals surface area contributed by atoms with Gasteiger partial charge in [0.2, 0.25) is 0 Å². The van der Waals surface area contributed by atoms with Crippen LogP contribution in [0.5, 0.6) is 0 Å². The van der Waals surface area contributed by atoms with Crippen LogP contribution in [0.2, 0.25) is 0 Å². The fourth-order valence-electron chi connectivity index (χ4n) is 2.79. The van der Waals surface area contributed by atoms with Gasteiger partial charge in [0.15, 0.2) is 0 Å². The molecule has 21 heavy (non-hydrogen) atoms. The fourth-order valence-corrected chi connectivity index (χ4v) is 2.79. The van der Waals surface area contributed by atoms with Crippen molar-refractivity contribution in [1.29, 1.82) is 0 Å².